The Bertz CT molecular complexity index is 496. The maximum Gasteiger partial charge on any atom is 0.304 e. The molecule has 0 aliphatic rings. The first-order valence-corrected chi connectivity index (χ1v) is 6.26. The molecule has 0 unspecified atom stereocenters. The van der Waals surface area contributed by atoms with Gasteiger partial charge in [0.05, 0.1) is 12.6 Å². The quantitative estimate of drug-likeness (QED) is 0.766. The molecule has 0 saturated carbocycles. The van der Waals surface area contributed by atoms with Gasteiger partial charge in [0.25, 0.3) is 0 Å². The van der Waals surface area contributed by atoms with Gasteiger partial charge < -0.3 is 19.7 Å². The topological polar surface area (TPSA) is 82.8 Å². The van der Waals surface area contributed by atoms with Gasteiger partial charge in [-0.3, -0.25) is 9.59 Å². The molecular weight excluding hydrogens is 248 g/mol. The van der Waals surface area contributed by atoms with E-state index < -0.39 is 11.4 Å². The third kappa shape index (κ3) is 4.75. The van der Waals surface area contributed by atoms with Gasteiger partial charge >= 0.3 is 5.97 Å². The number of aromatic hydroxyl groups is 1. The molecule has 106 valence electrons. The van der Waals surface area contributed by atoms with Crippen molar-refractivity contribution in [2.45, 2.75) is 32.9 Å². The molecule has 0 spiro atoms. The van der Waals surface area contributed by atoms with Crippen molar-refractivity contribution in [3.8, 4) is 5.75 Å². The summed E-state index contributed by atoms with van der Waals surface area (Å²) in [5, 5.41) is 18.1. The molecule has 1 heterocycles. The van der Waals surface area contributed by atoms with Crippen LogP contribution in [-0.2, 0) is 17.9 Å². The van der Waals surface area contributed by atoms with Gasteiger partial charge in [0.1, 0.15) is 0 Å². The second-order valence-electron chi connectivity index (χ2n) is 4.59. The predicted octanol–water partition coefficient (Wildman–Crippen LogP) is 0.870. The lowest BCUT2D eigenvalue weighted by molar-refractivity contribution is -0.137. The highest BCUT2D eigenvalue weighted by molar-refractivity contribution is 5.66. The van der Waals surface area contributed by atoms with E-state index in [-0.39, 0.29) is 12.2 Å². The molecule has 1 rings (SSSR count). The number of aromatic nitrogens is 1. The number of hydrogen-bond acceptors (Lipinski definition) is 4. The summed E-state index contributed by atoms with van der Waals surface area (Å²) in [6, 6.07) is 1.41. The summed E-state index contributed by atoms with van der Waals surface area (Å²) in [5.74, 6) is -1.10. The average Bonchev–Trinajstić information content (AvgIpc) is 2.33. The van der Waals surface area contributed by atoms with Crippen molar-refractivity contribution in [1.29, 1.82) is 0 Å². The Morgan fingerprint density at radius 3 is 2.74 bits per heavy atom. The normalized spacial score (nSPS) is 10.9. The number of carbonyl (C=O) groups is 1. The van der Waals surface area contributed by atoms with Gasteiger partial charge in [0.2, 0.25) is 5.43 Å². The lowest BCUT2D eigenvalue weighted by Crippen LogP contribution is -2.25. The molecule has 0 fully saturated rings. The Hall–Kier alpha value is -1.82. The van der Waals surface area contributed by atoms with E-state index in [1.54, 1.807) is 7.05 Å². The number of nitrogens with zero attached hydrogens (tertiary/aromatic N) is 2. The first-order chi connectivity index (χ1) is 8.93. The van der Waals surface area contributed by atoms with E-state index in [4.69, 9.17) is 5.11 Å². The molecule has 2 N–H and O–H groups in total. The Kier molecular flexibility index (Phi) is 5.57. The number of hydrogen-bond donors (Lipinski definition) is 2. The number of aryl methyl sites for hydroxylation is 1. The number of rotatable bonds is 7. The minimum Gasteiger partial charge on any atom is -0.503 e. The summed E-state index contributed by atoms with van der Waals surface area (Å²) < 4.78 is 1.83. The molecule has 0 aliphatic heterocycles. The van der Waals surface area contributed by atoms with Gasteiger partial charge in [-0.25, -0.2) is 0 Å². The number of carboxylic acid groups (broad SMARTS) is 1. The first-order valence-electron chi connectivity index (χ1n) is 6.26. The summed E-state index contributed by atoms with van der Waals surface area (Å²) in [4.78, 5) is 23.8. The van der Waals surface area contributed by atoms with Crippen molar-refractivity contribution >= 4 is 5.97 Å². The van der Waals surface area contributed by atoms with E-state index in [2.05, 4.69) is 0 Å². The molecule has 19 heavy (non-hydrogen) atoms. The summed E-state index contributed by atoms with van der Waals surface area (Å²) in [6.45, 7) is 3.60. The molecule has 0 saturated heterocycles. The molecule has 0 atom stereocenters. The van der Waals surface area contributed by atoms with Crippen molar-refractivity contribution in [2.24, 2.45) is 0 Å². The van der Waals surface area contributed by atoms with Crippen molar-refractivity contribution < 1.29 is 15.0 Å². The van der Waals surface area contributed by atoms with Crippen LogP contribution in [0.4, 0.5) is 0 Å². The van der Waals surface area contributed by atoms with Gasteiger partial charge in [-0.05, 0) is 13.5 Å². The van der Waals surface area contributed by atoms with Gasteiger partial charge in [0, 0.05) is 31.4 Å². The number of aliphatic carboxylic acids is 1. The molecule has 0 amide bonds. The van der Waals surface area contributed by atoms with Crippen LogP contribution in [0.3, 0.4) is 0 Å². The summed E-state index contributed by atoms with van der Waals surface area (Å²) in [7, 11) is 1.80. The van der Waals surface area contributed by atoms with Crippen LogP contribution in [0.1, 0.15) is 25.5 Å². The molecule has 0 aliphatic carbocycles. The van der Waals surface area contributed by atoms with Gasteiger partial charge in [-0.2, -0.15) is 0 Å². The lowest BCUT2D eigenvalue weighted by atomic mass is 10.2. The minimum atomic E-state index is -0.844. The van der Waals surface area contributed by atoms with Gasteiger partial charge in [-0.15, -0.1) is 0 Å². The molecule has 1 aromatic heterocycles. The van der Waals surface area contributed by atoms with Crippen LogP contribution in [0, 0.1) is 0 Å². The van der Waals surface area contributed by atoms with Crippen LogP contribution >= 0.6 is 0 Å². The third-order valence-electron chi connectivity index (χ3n) is 2.80. The highest BCUT2D eigenvalue weighted by Gasteiger charge is 2.09. The average molecular weight is 268 g/mol. The summed E-state index contributed by atoms with van der Waals surface area (Å²) in [5.41, 5.74) is 0.367. The van der Waals surface area contributed by atoms with E-state index in [0.29, 0.717) is 19.6 Å². The fourth-order valence-corrected chi connectivity index (χ4v) is 1.83. The largest absolute Gasteiger partial charge is 0.503 e. The van der Waals surface area contributed by atoms with Crippen LogP contribution in [-0.4, -0.2) is 39.2 Å². The molecule has 0 aromatic carbocycles. The lowest BCUT2D eigenvalue weighted by Gasteiger charge is -2.19. The molecule has 0 radical (unpaired) electrons. The van der Waals surface area contributed by atoms with E-state index in [9.17, 15) is 14.7 Å². The Balaban J connectivity index is 2.83. The van der Waals surface area contributed by atoms with Crippen LogP contribution in [0.25, 0.3) is 0 Å². The van der Waals surface area contributed by atoms with Crippen molar-refractivity contribution in [1.82, 2.24) is 9.47 Å². The van der Waals surface area contributed by atoms with E-state index in [0.717, 1.165) is 12.1 Å². The third-order valence-corrected chi connectivity index (χ3v) is 2.80. The Morgan fingerprint density at radius 1 is 1.47 bits per heavy atom. The second kappa shape index (κ2) is 6.94. The predicted molar refractivity (Wildman–Crippen MR) is 71.2 cm³/mol. The standard InChI is InChI=1S/C13H20N2O4/c1-3-5-15-9-12(17)11(16)7-10(15)8-14(2)6-4-13(18)19/h7,9,17H,3-6,8H2,1-2H3,(H,18,19). The smallest absolute Gasteiger partial charge is 0.304 e. The van der Waals surface area contributed by atoms with E-state index >= 15 is 0 Å². The highest BCUT2D eigenvalue weighted by atomic mass is 16.4. The van der Waals surface area contributed by atoms with Crippen LogP contribution in [0.5, 0.6) is 5.75 Å². The fraction of sp³-hybridized carbons (Fsp3) is 0.538. The van der Waals surface area contributed by atoms with E-state index in [1.807, 2.05) is 16.4 Å². The zero-order valence-corrected chi connectivity index (χ0v) is 11.3. The van der Waals surface area contributed by atoms with Crippen LogP contribution < -0.4 is 5.43 Å². The first kappa shape index (κ1) is 15.2. The maximum absolute atomic E-state index is 11.5. The Labute approximate surface area is 111 Å². The molecular formula is C13H20N2O4. The second-order valence-corrected chi connectivity index (χ2v) is 4.59. The van der Waals surface area contributed by atoms with Crippen LogP contribution in [0.15, 0.2) is 17.1 Å². The Morgan fingerprint density at radius 2 is 2.16 bits per heavy atom. The van der Waals surface area contributed by atoms with Gasteiger partial charge in [-0.1, -0.05) is 6.92 Å². The van der Waals surface area contributed by atoms with Crippen molar-refractivity contribution in [3.63, 3.8) is 0 Å². The van der Waals surface area contributed by atoms with E-state index in [1.165, 1.54) is 12.3 Å². The van der Waals surface area contributed by atoms with Crippen molar-refractivity contribution in [3.05, 3.63) is 28.2 Å². The van der Waals surface area contributed by atoms with Crippen molar-refractivity contribution in [2.75, 3.05) is 13.6 Å². The van der Waals surface area contributed by atoms with Gasteiger partial charge in [0.15, 0.2) is 5.75 Å². The summed E-state index contributed by atoms with van der Waals surface area (Å²) >= 11 is 0. The maximum atomic E-state index is 11.5. The number of pyridine rings is 1. The SMILES string of the molecule is CCCn1cc(O)c(=O)cc1CN(C)CCC(=O)O. The zero-order chi connectivity index (χ0) is 14.4. The molecule has 6 nitrogen and oxygen atoms in total. The molecule has 6 heteroatoms. The highest BCUT2D eigenvalue weighted by Crippen LogP contribution is 2.08. The minimum absolute atomic E-state index is 0.0621. The van der Waals surface area contributed by atoms with Crippen LogP contribution in [0.2, 0.25) is 0 Å². The fourth-order valence-electron chi connectivity index (χ4n) is 1.83. The number of carboxylic acids is 1. The zero-order valence-electron chi connectivity index (χ0n) is 11.3. The summed E-state index contributed by atoms with van der Waals surface area (Å²) in [6.07, 6.45) is 2.38. The molecule has 0 bridgehead atoms. The monoisotopic (exact) mass is 268 g/mol. The molecule has 1 aromatic rings.